The molecule has 0 spiro atoms. The third-order valence-electron chi connectivity index (χ3n) is 3.84. The first-order valence-corrected chi connectivity index (χ1v) is 12.0. The number of nitrogens with zero attached hydrogens (tertiary/aromatic N) is 1. The standard InChI is InChI=1S/C18H15P.C4H12NO4P/c1-4-10-16(11-5-1)19(17-12-6-2-7-13-17)18-14-8-3-9-15-18;1-5(2)3-4-9-10(6,7)8/h1-15H;3-4H2,1-2H3,(H2,6,7,8). The highest BCUT2D eigenvalue weighted by molar-refractivity contribution is 7.79. The van der Waals surface area contributed by atoms with Crippen molar-refractivity contribution in [2.24, 2.45) is 0 Å². The van der Waals surface area contributed by atoms with E-state index in [1.165, 1.54) is 15.9 Å². The van der Waals surface area contributed by atoms with Crippen molar-refractivity contribution in [2.45, 2.75) is 0 Å². The van der Waals surface area contributed by atoms with Gasteiger partial charge in [0.2, 0.25) is 0 Å². The molecule has 0 bridgehead atoms. The Morgan fingerprint density at radius 3 is 1.38 bits per heavy atom. The van der Waals surface area contributed by atoms with Crippen molar-refractivity contribution in [3.05, 3.63) is 91.0 Å². The lowest BCUT2D eigenvalue weighted by Gasteiger charge is -2.18. The van der Waals surface area contributed by atoms with Gasteiger partial charge in [0, 0.05) is 6.54 Å². The normalized spacial score (nSPS) is 11.2. The molecule has 2 N–H and O–H groups in total. The van der Waals surface area contributed by atoms with Crippen LogP contribution in [-0.4, -0.2) is 41.9 Å². The summed E-state index contributed by atoms with van der Waals surface area (Å²) in [5.41, 5.74) is 0. The van der Waals surface area contributed by atoms with Crippen LogP contribution in [0.1, 0.15) is 0 Å². The lowest BCUT2D eigenvalue weighted by molar-refractivity contribution is 0.180. The Hall–Kier alpha value is -1.84. The molecule has 0 heterocycles. The second-order valence-electron chi connectivity index (χ2n) is 6.47. The van der Waals surface area contributed by atoms with Crippen LogP contribution in [0.2, 0.25) is 0 Å². The molecule has 0 aromatic heterocycles. The Kier molecular flexibility index (Phi) is 9.69. The average molecular weight is 431 g/mol. The summed E-state index contributed by atoms with van der Waals surface area (Å²) in [6.07, 6.45) is 0. The maximum absolute atomic E-state index is 10.1. The lowest BCUT2D eigenvalue weighted by Crippen LogP contribution is -2.20. The van der Waals surface area contributed by atoms with Gasteiger partial charge in [-0.15, -0.1) is 0 Å². The van der Waals surface area contributed by atoms with Crippen molar-refractivity contribution < 1.29 is 18.9 Å². The summed E-state index contributed by atoms with van der Waals surface area (Å²) in [4.78, 5) is 18.2. The first kappa shape index (κ1) is 23.4. The second-order valence-corrected chi connectivity index (χ2v) is 9.93. The van der Waals surface area contributed by atoms with Crippen molar-refractivity contribution in [2.75, 3.05) is 27.2 Å². The van der Waals surface area contributed by atoms with Gasteiger partial charge >= 0.3 is 7.82 Å². The Bertz CT molecular complexity index is 777. The summed E-state index contributed by atoms with van der Waals surface area (Å²) in [6.45, 7) is 0.558. The highest BCUT2D eigenvalue weighted by Crippen LogP contribution is 2.35. The van der Waals surface area contributed by atoms with E-state index in [0.717, 1.165) is 0 Å². The minimum absolute atomic E-state index is 0.0529. The predicted octanol–water partition coefficient (Wildman–Crippen LogP) is 3.10. The van der Waals surface area contributed by atoms with E-state index in [2.05, 4.69) is 95.5 Å². The van der Waals surface area contributed by atoms with Gasteiger partial charge in [0.05, 0.1) is 6.61 Å². The predicted molar refractivity (Wildman–Crippen MR) is 122 cm³/mol. The number of benzene rings is 3. The van der Waals surface area contributed by atoms with E-state index in [4.69, 9.17) is 9.79 Å². The molecule has 0 atom stereocenters. The summed E-state index contributed by atoms with van der Waals surface area (Å²) in [6, 6.07) is 32.3. The van der Waals surface area contributed by atoms with Gasteiger partial charge in [-0.3, -0.25) is 4.52 Å². The number of hydrogen-bond acceptors (Lipinski definition) is 3. The summed E-state index contributed by atoms with van der Waals surface area (Å²) in [5.74, 6) is 0. The topological polar surface area (TPSA) is 70.0 Å². The van der Waals surface area contributed by atoms with Crippen molar-refractivity contribution in [1.82, 2.24) is 4.90 Å². The van der Waals surface area contributed by atoms with Crippen LogP contribution in [0.3, 0.4) is 0 Å². The summed E-state index contributed by atoms with van der Waals surface area (Å²) < 4.78 is 14.2. The largest absolute Gasteiger partial charge is 0.469 e. The van der Waals surface area contributed by atoms with Crippen LogP contribution in [0.4, 0.5) is 0 Å². The summed E-state index contributed by atoms with van der Waals surface area (Å²) >= 11 is 0. The van der Waals surface area contributed by atoms with Crippen LogP contribution in [-0.2, 0) is 9.09 Å². The summed E-state index contributed by atoms with van der Waals surface area (Å²) in [7, 11) is -1.11. The number of phosphoric ester groups is 1. The molecular weight excluding hydrogens is 404 g/mol. The van der Waals surface area contributed by atoms with Crippen LogP contribution >= 0.6 is 15.7 Å². The highest BCUT2D eigenvalue weighted by Gasteiger charge is 2.15. The van der Waals surface area contributed by atoms with Gasteiger partial charge in [-0.2, -0.15) is 0 Å². The minimum Gasteiger partial charge on any atom is -0.307 e. The number of rotatable bonds is 7. The maximum atomic E-state index is 10.1. The van der Waals surface area contributed by atoms with Gasteiger partial charge in [-0.25, -0.2) is 4.57 Å². The zero-order valence-electron chi connectivity index (χ0n) is 16.6. The van der Waals surface area contributed by atoms with Gasteiger partial charge in [-0.1, -0.05) is 91.0 Å². The molecule has 0 saturated heterocycles. The highest BCUT2D eigenvalue weighted by atomic mass is 31.2. The van der Waals surface area contributed by atoms with E-state index in [0.29, 0.717) is 6.54 Å². The van der Waals surface area contributed by atoms with Gasteiger partial charge in [0.1, 0.15) is 0 Å². The van der Waals surface area contributed by atoms with Crippen LogP contribution in [0, 0.1) is 0 Å². The average Bonchev–Trinajstić information content (AvgIpc) is 2.70. The minimum atomic E-state index is -4.25. The molecule has 0 aliphatic carbocycles. The first-order valence-electron chi connectivity index (χ1n) is 9.17. The number of likely N-dealkylation sites (N-methyl/N-ethyl adjacent to an activating group) is 1. The third-order valence-corrected chi connectivity index (χ3v) is 6.80. The van der Waals surface area contributed by atoms with Gasteiger partial charge in [0.25, 0.3) is 0 Å². The molecule has 0 fully saturated rings. The fraction of sp³-hybridized carbons (Fsp3) is 0.182. The molecule has 0 unspecified atom stereocenters. The molecule has 3 rings (SSSR count). The quantitative estimate of drug-likeness (QED) is 0.563. The SMILES string of the molecule is CN(C)CCOP(=O)(O)O.c1ccc(P(c2ccccc2)c2ccccc2)cc1. The molecule has 154 valence electrons. The Morgan fingerprint density at radius 2 is 1.10 bits per heavy atom. The molecule has 5 nitrogen and oxygen atoms in total. The molecule has 0 aliphatic rings. The van der Waals surface area contributed by atoms with Crippen molar-refractivity contribution in [3.8, 4) is 0 Å². The number of phosphoric acid groups is 1. The number of hydrogen-bond donors (Lipinski definition) is 2. The molecule has 3 aromatic carbocycles. The Balaban J connectivity index is 0.000000257. The Labute approximate surface area is 174 Å². The van der Waals surface area contributed by atoms with Crippen molar-refractivity contribution in [3.63, 3.8) is 0 Å². The van der Waals surface area contributed by atoms with E-state index in [9.17, 15) is 4.57 Å². The molecule has 0 saturated carbocycles. The smallest absolute Gasteiger partial charge is 0.307 e. The molecule has 0 aliphatic heterocycles. The fourth-order valence-corrected chi connectivity index (χ4v) is 5.15. The van der Waals surface area contributed by atoms with Gasteiger partial charge < -0.3 is 14.7 Å². The van der Waals surface area contributed by atoms with E-state index >= 15 is 0 Å². The Morgan fingerprint density at radius 1 is 0.759 bits per heavy atom. The fourth-order valence-electron chi connectivity index (χ4n) is 2.52. The van der Waals surface area contributed by atoms with Crippen molar-refractivity contribution >= 4 is 31.7 Å². The van der Waals surface area contributed by atoms with Crippen LogP contribution in [0.25, 0.3) is 0 Å². The van der Waals surface area contributed by atoms with E-state index in [-0.39, 0.29) is 6.61 Å². The van der Waals surface area contributed by atoms with Crippen LogP contribution < -0.4 is 15.9 Å². The summed E-state index contributed by atoms with van der Waals surface area (Å²) in [5, 5.41) is 4.19. The first-order chi connectivity index (χ1) is 13.9. The molecular formula is C22H27NO4P2. The molecule has 3 aromatic rings. The molecule has 0 radical (unpaired) electrons. The van der Waals surface area contributed by atoms with E-state index in [1.54, 1.807) is 19.0 Å². The molecule has 7 heteroatoms. The monoisotopic (exact) mass is 431 g/mol. The van der Waals surface area contributed by atoms with E-state index in [1.807, 2.05) is 0 Å². The van der Waals surface area contributed by atoms with Crippen molar-refractivity contribution in [1.29, 1.82) is 0 Å². The maximum Gasteiger partial charge on any atom is 0.469 e. The molecule has 29 heavy (non-hydrogen) atoms. The van der Waals surface area contributed by atoms with E-state index < -0.39 is 15.7 Å². The van der Waals surface area contributed by atoms with Gasteiger partial charge in [0.15, 0.2) is 0 Å². The lowest BCUT2D eigenvalue weighted by atomic mass is 10.4. The van der Waals surface area contributed by atoms with Gasteiger partial charge in [-0.05, 0) is 37.9 Å². The van der Waals surface area contributed by atoms with Crippen LogP contribution in [0.5, 0.6) is 0 Å². The molecule has 0 amide bonds. The van der Waals surface area contributed by atoms with Crippen LogP contribution in [0.15, 0.2) is 91.0 Å². The third kappa shape index (κ3) is 9.01. The zero-order valence-corrected chi connectivity index (χ0v) is 18.4. The second kappa shape index (κ2) is 12.0. The zero-order chi connectivity index (χ0) is 21.1.